The van der Waals surface area contributed by atoms with Crippen LogP contribution in [-0.2, 0) is 19.6 Å². The third-order valence-electron chi connectivity index (χ3n) is 3.32. The largest absolute Gasteiger partial charge is 0.392 e. The van der Waals surface area contributed by atoms with Crippen LogP contribution in [0.2, 0.25) is 0 Å². The van der Waals surface area contributed by atoms with Crippen molar-refractivity contribution in [2.45, 2.75) is 19.6 Å². The smallest absolute Gasteiger partial charge is 0.269 e. The molecule has 0 amide bonds. The summed E-state index contributed by atoms with van der Waals surface area (Å²) in [6.45, 7) is 1.16. The molecule has 2 aromatic rings. The fraction of sp³-hybridized carbons (Fsp3) is 0.250. The summed E-state index contributed by atoms with van der Waals surface area (Å²) in [4.78, 5) is 10.4. The first-order valence-corrected chi connectivity index (χ1v) is 6.82. The Morgan fingerprint density at radius 3 is 2.52 bits per heavy atom. The molecule has 5 nitrogen and oxygen atoms in total. The summed E-state index contributed by atoms with van der Waals surface area (Å²) in [6.07, 6.45) is 0.893. The highest BCUT2D eigenvalue weighted by Gasteiger charge is 2.09. The predicted octanol–water partition coefficient (Wildman–Crippen LogP) is 2.42. The zero-order valence-corrected chi connectivity index (χ0v) is 11.7. The molecule has 2 N–H and O–H groups in total. The molecule has 0 spiro atoms. The molecule has 0 saturated carbocycles. The van der Waals surface area contributed by atoms with Crippen molar-refractivity contribution in [1.29, 1.82) is 0 Å². The number of non-ortho nitro benzene ring substituents is 1. The van der Waals surface area contributed by atoms with Crippen LogP contribution in [0.15, 0.2) is 48.5 Å². The number of hydrogen-bond acceptors (Lipinski definition) is 4. The van der Waals surface area contributed by atoms with Crippen molar-refractivity contribution in [3.63, 3.8) is 0 Å². The minimum absolute atomic E-state index is 0.0482. The van der Waals surface area contributed by atoms with Crippen LogP contribution >= 0.6 is 0 Å². The average Bonchev–Trinajstić information content (AvgIpc) is 2.52. The van der Waals surface area contributed by atoms with E-state index in [1.165, 1.54) is 17.7 Å². The average molecular weight is 286 g/mol. The van der Waals surface area contributed by atoms with E-state index < -0.39 is 4.92 Å². The highest BCUT2D eigenvalue weighted by molar-refractivity contribution is 5.39. The minimum Gasteiger partial charge on any atom is -0.392 e. The number of nitro benzene ring substituents is 1. The zero-order valence-electron chi connectivity index (χ0n) is 11.7. The summed E-state index contributed by atoms with van der Waals surface area (Å²) >= 11 is 0. The van der Waals surface area contributed by atoms with E-state index in [9.17, 15) is 15.2 Å². The Morgan fingerprint density at radius 1 is 1.10 bits per heavy atom. The van der Waals surface area contributed by atoms with Gasteiger partial charge in [-0.25, -0.2) is 0 Å². The van der Waals surface area contributed by atoms with E-state index in [-0.39, 0.29) is 12.3 Å². The fourth-order valence-electron chi connectivity index (χ4n) is 2.15. The van der Waals surface area contributed by atoms with Gasteiger partial charge in [-0.2, -0.15) is 0 Å². The lowest BCUT2D eigenvalue weighted by atomic mass is 10.1. The highest BCUT2D eigenvalue weighted by atomic mass is 16.6. The summed E-state index contributed by atoms with van der Waals surface area (Å²) in [5.74, 6) is 0. The fourth-order valence-corrected chi connectivity index (χ4v) is 2.15. The van der Waals surface area contributed by atoms with E-state index in [2.05, 4.69) is 17.4 Å². The van der Waals surface area contributed by atoms with Crippen molar-refractivity contribution in [2.75, 3.05) is 6.54 Å². The van der Waals surface area contributed by atoms with E-state index in [1.807, 2.05) is 18.2 Å². The van der Waals surface area contributed by atoms with Crippen LogP contribution in [0.1, 0.15) is 16.7 Å². The van der Waals surface area contributed by atoms with E-state index in [4.69, 9.17) is 0 Å². The maximum Gasteiger partial charge on any atom is 0.269 e. The van der Waals surface area contributed by atoms with Gasteiger partial charge in [0.1, 0.15) is 0 Å². The lowest BCUT2D eigenvalue weighted by molar-refractivity contribution is -0.384. The molecular weight excluding hydrogens is 268 g/mol. The molecule has 2 rings (SSSR count). The lowest BCUT2D eigenvalue weighted by Gasteiger charge is -2.09. The van der Waals surface area contributed by atoms with Crippen molar-refractivity contribution in [3.05, 3.63) is 75.3 Å². The molecule has 0 unspecified atom stereocenters. The maximum atomic E-state index is 10.8. The second kappa shape index (κ2) is 7.52. The van der Waals surface area contributed by atoms with Crippen LogP contribution in [0.5, 0.6) is 0 Å². The minimum atomic E-state index is -0.422. The second-order valence-corrected chi connectivity index (χ2v) is 4.78. The number of aliphatic hydroxyl groups excluding tert-OH is 1. The van der Waals surface area contributed by atoms with Gasteiger partial charge in [0.05, 0.1) is 11.5 Å². The van der Waals surface area contributed by atoms with Crippen LogP contribution in [0.4, 0.5) is 5.69 Å². The molecular formula is C16H18N2O3. The number of nitrogens with one attached hydrogen (secondary N) is 1. The highest BCUT2D eigenvalue weighted by Crippen LogP contribution is 2.18. The summed E-state index contributed by atoms with van der Waals surface area (Å²) in [6, 6.07) is 14.6. The Labute approximate surface area is 123 Å². The van der Waals surface area contributed by atoms with Crippen molar-refractivity contribution >= 4 is 5.69 Å². The third kappa shape index (κ3) is 4.37. The Morgan fingerprint density at radius 2 is 1.86 bits per heavy atom. The molecule has 0 radical (unpaired) electrons. The Hall–Kier alpha value is -2.24. The van der Waals surface area contributed by atoms with Crippen molar-refractivity contribution in [1.82, 2.24) is 5.32 Å². The van der Waals surface area contributed by atoms with Gasteiger partial charge in [0.15, 0.2) is 0 Å². The maximum absolute atomic E-state index is 10.8. The number of nitrogens with zero attached hydrogens (tertiary/aromatic N) is 1. The van der Waals surface area contributed by atoms with Gasteiger partial charge in [-0.3, -0.25) is 10.1 Å². The summed E-state index contributed by atoms with van der Waals surface area (Å²) in [5, 5.41) is 23.3. The quantitative estimate of drug-likeness (QED) is 0.465. The number of benzene rings is 2. The van der Waals surface area contributed by atoms with Gasteiger partial charge in [0.2, 0.25) is 0 Å². The van der Waals surface area contributed by atoms with E-state index in [1.54, 1.807) is 6.07 Å². The molecule has 5 heteroatoms. The van der Waals surface area contributed by atoms with Crippen LogP contribution in [0, 0.1) is 10.1 Å². The van der Waals surface area contributed by atoms with Gasteiger partial charge in [-0.1, -0.05) is 30.3 Å². The molecule has 0 atom stereocenters. The molecule has 0 bridgehead atoms. The Balaban J connectivity index is 1.92. The SMILES string of the molecule is O=[N+]([O-])c1ccc(CO)c(CNCCc2ccccc2)c1. The van der Waals surface area contributed by atoms with Gasteiger partial charge in [-0.15, -0.1) is 0 Å². The van der Waals surface area contributed by atoms with Crippen LogP contribution < -0.4 is 5.32 Å². The first kappa shape index (κ1) is 15.2. The molecule has 0 aliphatic carbocycles. The molecule has 0 fully saturated rings. The number of aliphatic hydroxyl groups is 1. The lowest BCUT2D eigenvalue weighted by Crippen LogP contribution is -2.17. The van der Waals surface area contributed by atoms with Crippen LogP contribution in [-0.4, -0.2) is 16.6 Å². The molecule has 2 aromatic carbocycles. The van der Waals surface area contributed by atoms with Crippen LogP contribution in [0.25, 0.3) is 0 Å². The normalized spacial score (nSPS) is 10.5. The predicted molar refractivity (Wildman–Crippen MR) is 80.9 cm³/mol. The summed E-state index contributed by atoms with van der Waals surface area (Å²) in [5.41, 5.74) is 2.77. The number of nitro groups is 1. The topological polar surface area (TPSA) is 75.4 Å². The number of hydrogen-bond donors (Lipinski definition) is 2. The molecule has 21 heavy (non-hydrogen) atoms. The first-order valence-electron chi connectivity index (χ1n) is 6.82. The Bertz CT molecular complexity index is 600. The monoisotopic (exact) mass is 286 g/mol. The van der Waals surface area contributed by atoms with Gasteiger partial charge in [0.25, 0.3) is 5.69 Å². The van der Waals surface area contributed by atoms with Crippen molar-refractivity contribution in [3.8, 4) is 0 Å². The summed E-state index contributed by atoms with van der Waals surface area (Å²) in [7, 11) is 0. The van der Waals surface area contributed by atoms with Gasteiger partial charge in [0, 0.05) is 18.7 Å². The van der Waals surface area contributed by atoms with Crippen LogP contribution in [0.3, 0.4) is 0 Å². The van der Waals surface area contributed by atoms with Gasteiger partial charge < -0.3 is 10.4 Å². The first-order chi connectivity index (χ1) is 10.2. The standard InChI is InChI=1S/C16H18N2O3/c19-12-14-6-7-16(18(20)21)10-15(14)11-17-9-8-13-4-2-1-3-5-13/h1-7,10,17,19H,8-9,11-12H2. The van der Waals surface area contributed by atoms with Crippen molar-refractivity contribution < 1.29 is 10.0 Å². The zero-order chi connectivity index (χ0) is 15.1. The second-order valence-electron chi connectivity index (χ2n) is 4.78. The molecule has 0 aliphatic heterocycles. The molecule has 110 valence electrons. The van der Waals surface area contributed by atoms with Gasteiger partial charge >= 0.3 is 0 Å². The molecule has 0 saturated heterocycles. The van der Waals surface area contributed by atoms with Crippen molar-refractivity contribution in [2.24, 2.45) is 0 Å². The van der Waals surface area contributed by atoms with E-state index >= 15 is 0 Å². The van der Waals surface area contributed by atoms with Gasteiger partial charge in [-0.05, 0) is 35.7 Å². The van der Waals surface area contributed by atoms with E-state index in [0.717, 1.165) is 18.5 Å². The third-order valence-corrected chi connectivity index (χ3v) is 3.32. The van der Waals surface area contributed by atoms with E-state index in [0.29, 0.717) is 12.1 Å². The Kier molecular flexibility index (Phi) is 5.43. The molecule has 0 aliphatic rings. The number of rotatable bonds is 7. The molecule has 0 heterocycles. The summed E-state index contributed by atoms with van der Waals surface area (Å²) < 4.78 is 0. The molecule has 0 aromatic heterocycles.